The molecule has 0 saturated carbocycles. The number of H-pyrrole nitrogens is 1. The van der Waals surface area contributed by atoms with E-state index in [2.05, 4.69) is 32.7 Å². The van der Waals surface area contributed by atoms with Crippen molar-refractivity contribution in [2.75, 3.05) is 11.1 Å². The fraction of sp³-hybridized carbons (Fsp3) is 0.100. The molecule has 2 amide bonds. The Morgan fingerprint density at radius 3 is 2.24 bits per heavy atom. The lowest BCUT2D eigenvalue weighted by Gasteiger charge is -2.24. The van der Waals surface area contributed by atoms with Crippen LogP contribution >= 0.6 is 0 Å². The number of carbonyl (C=O) groups excluding carboxylic acids is 2. The first-order valence-corrected chi connectivity index (χ1v) is 12.2. The lowest BCUT2D eigenvalue weighted by Crippen LogP contribution is -2.42. The van der Waals surface area contributed by atoms with Crippen molar-refractivity contribution in [2.45, 2.75) is 18.6 Å². The summed E-state index contributed by atoms with van der Waals surface area (Å²) >= 11 is 0. The molecule has 0 saturated heterocycles. The summed E-state index contributed by atoms with van der Waals surface area (Å²) in [5, 5.41) is 16.6. The first-order chi connectivity index (χ1) is 18.5. The fourth-order valence-electron chi connectivity index (χ4n) is 4.31. The molecule has 0 radical (unpaired) electrons. The largest absolute Gasteiger partial charge is 0.381 e. The van der Waals surface area contributed by atoms with Gasteiger partial charge in [-0.05, 0) is 53.4 Å². The maximum atomic E-state index is 13.2. The van der Waals surface area contributed by atoms with Gasteiger partial charge in [-0.2, -0.15) is 0 Å². The van der Waals surface area contributed by atoms with Crippen LogP contribution in [0.3, 0.4) is 0 Å². The molecule has 0 aliphatic heterocycles. The number of aliphatic hydroxyl groups excluding tert-OH is 1. The van der Waals surface area contributed by atoms with Crippen LogP contribution in [0.25, 0.3) is 11.0 Å². The third-order valence-corrected chi connectivity index (χ3v) is 6.26. The van der Waals surface area contributed by atoms with Gasteiger partial charge in [0.25, 0.3) is 11.8 Å². The Balaban J connectivity index is 1.31. The summed E-state index contributed by atoms with van der Waals surface area (Å²) in [6.45, 7) is 0. The maximum absolute atomic E-state index is 13.2. The van der Waals surface area contributed by atoms with Crippen LogP contribution in [0.5, 0.6) is 0 Å². The first-order valence-electron chi connectivity index (χ1n) is 12.2. The Morgan fingerprint density at radius 1 is 0.868 bits per heavy atom. The molecule has 1 aromatic heterocycles. The van der Waals surface area contributed by atoms with Gasteiger partial charge >= 0.3 is 0 Å². The molecule has 4 aromatic carbocycles. The number of hydrogen-bond donors (Lipinski definition) is 5. The Labute approximate surface area is 219 Å². The van der Waals surface area contributed by atoms with E-state index in [1.165, 1.54) is 5.56 Å². The lowest BCUT2D eigenvalue weighted by atomic mass is 9.99. The van der Waals surface area contributed by atoms with Crippen LogP contribution in [-0.2, 0) is 11.2 Å². The molecule has 38 heavy (non-hydrogen) atoms. The van der Waals surface area contributed by atoms with Gasteiger partial charge in [-0.15, -0.1) is 0 Å². The molecule has 2 atom stereocenters. The van der Waals surface area contributed by atoms with Gasteiger partial charge in [-0.25, -0.2) is 4.98 Å². The van der Waals surface area contributed by atoms with Gasteiger partial charge in [0.15, 0.2) is 12.1 Å². The third-order valence-electron chi connectivity index (χ3n) is 6.26. The highest BCUT2D eigenvalue weighted by atomic mass is 16.3. The molecule has 0 fully saturated rings. The molecule has 0 aliphatic rings. The summed E-state index contributed by atoms with van der Waals surface area (Å²) in [5.41, 5.74) is 10.7. The summed E-state index contributed by atoms with van der Waals surface area (Å²) in [5.74, 6) is -0.793. The quantitative estimate of drug-likeness (QED) is 0.215. The first kappa shape index (κ1) is 24.7. The van der Waals surface area contributed by atoms with E-state index in [9.17, 15) is 14.7 Å². The van der Waals surface area contributed by atoms with Gasteiger partial charge in [0.05, 0.1) is 17.1 Å². The van der Waals surface area contributed by atoms with E-state index in [1.54, 1.807) is 54.6 Å². The molecule has 2 unspecified atom stereocenters. The van der Waals surface area contributed by atoms with Crippen LogP contribution in [-0.4, -0.2) is 33.0 Å². The molecule has 0 aliphatic carbocycles. The molecular weight excluding hydrogens is 478 g/mol. The number of anilines is 2. The zero-order valence-corrected chi connectivity index (χ0v) is 20.5. The Bertz CT molecular complexity index is 1550. The van der Waals surface area contributed by atoms with E-state index in [4.69, 9.17) is 5.73 Å². The average Bonchev–Trinajstić information content (AvgIpc) is 3.32. The number of amides is 2. The van der Waals surface area contributed by atoms with Crippen molar-refractivity contribution in [1.29, 1.82) is 0 Å². The summed E-state index contributed by atoms with van der Waals surface area (Å²) in [6.07, 6.45) is -0.799. The van der Waals surface area contributed by atoms with E-state index < -0.39 is 24.0 Å². The number of nitrogen functional groups attached to an aromatic ring is 1. The number of benzene rings is 4. The number of imidazole rings is 1. The number of nitrogens with zero attached hydrogens (tertiary/aromatic N) is 1. The minimum Gasteiger partial charge on any atom is -0.381 e. The average molecular weight is 506 g/mol. The highest BCUT2D eigenvalue weighted by Crippen LogP contribution is 2.22. The van der Waals surface area contributed by atoms with Crippen molar-refractivity contribution in [3.63, 3.8) is 0 Å². The van der Waals surface area contributed by atoms with Gasteiger partial charge in [-0.3, -0.25) is 9.59 Å². The van der Waals surface area contributed by atoms with Gasteiger partial charge in [0, 0.05) is 11.3 Å². The SMILES string of the molecule is Nc1nc2ccc(NC(=O)C(O)C(NC(=O)c3ccc(Cc4ccccc4)cc3)c3ccccc3)cc2[nH]1. The Morgan fingerprint density at radius 2 is 1.53 bits per heavy atom. The normalized spacial score (nSPS) is 12.6. The second-order valence-corrected chi connectivity index (χ2v) is 9.01. The van der Waals surface area contributed by atoms with Crippen LogP contribution < -0.4 is 16.4 Å². The van der Waals surface area contributed by atoms with Gasteiger partial charge in [-0.1, -0.05) is 72.8 Å². The predicted molar refractivity (Wildman–Crippen MR) is 147 cm³/mol. The van der Waals surface area contributed by atoms with Gasteiger partial charge < -0.3 is 26.5 Å². The molecule has 6 N–H and O–H groups in total. The fourth-order valence-corrected chi connectivity index (χ4v) is 4.31. The topological polar surface area (TPSA) is 133 Å². The predicted octanol–water partition coefficient (Wildman–Crippen LogP) is 4.21. The molecule has 8 heteroatoms. The number of fused-ring (bicyclic) bond motifs is 1. The van der Waals surface area contributed by atoms with Crippen LogP contribution in [0.15, 0.2) is 103 Å². The molecule has 5 aromatic rings. The van der Waals surface area contributed by atoms with Crippen LogP contribution in [0.1, 0.15) is 33.1 Å². The van der Waals surface area contributed by atoms with Crippen molar-refractivity contribution >= 4 is 34.5 Å². The number of hydrogen-bond acceptors (Lipinski definition) is 5. The zero-order valence-electron chi connectivity index (χ0n) is 20.5. The second-order valence-electron chi connectivity index (χ2n) is 9.01. The molecule has 190 valence electrons. The third kappa shape index (κ3) is 5.71. The number of rotatable bonds is 8. The minimum absolute atomic E-state index is 0.267. The Hall–Kier alpha value is -4.95. The molecule has 5 rings (SSSR count). The maximum Gasteiger partial charge on any atom is 0.255 e. The number of nitrogens with one attached hydrogen (secondary N) is 3. The van der Waals surface area contributed by atoms with E-state index in [0.717, 1.165) is 12.0 Å². The highest BCUT2D eigenvalue weighted by Gasteiger charge is 2.29. The van der Waals surface area contributed by atoms with Gasteiger partial charge in [0.2, 0.25) is 0 Å². The summed E-state index contributed by atoms with van der Waals surface area (Å²) in [7, 11) is 0. The number of aliphatic hydroxyl groups is 1. The smallest absolute Gasteiger partial charge is 0.255 e. The number of aromatic nitrogens is 2. The summed E-state index contributed by atoms with van der Waals surface area (Å²) < 4.78 is 0. The Kier molecular flexibility index (Phi) is 7.15. The highest BCUT2D eigenvalue weighted by molar-refractivity contribution is 5.98. The lowest BCUT2D eigenvalue weighted by molar-refractivity contribution is -0.125. The monoisotopic (exact) mass is 505 g/mol. The zero-order chi connectivity index (χ0) is 26.5. The van der Waals surface area contributed by atoms with Crippen molar-refractivity contribution in [2.24, 2.45) is 0 Å². The second kappa shape index (κ2) is 11.0. The van der Waals surface area contributed by atoms with E-state index >= 15 is 0 Å². The molecule has 0 bridgehead atoms. The molecule has 8 nitrogen and oxygen atoms in total. The number of aromatic amines is 1. The van der Waals surface area contributed by atoms with Crippen molar-refractivity contribution in [3.8, 4) is 0 Å². The molecule has 0 spiro atoms. The molecule has 1 heterocycles. The number of carbonyl (C=O) groups is 2. The minimum atomic E-state index is -1.55. The number of nitrogens with two attached hydrogens (primary N) is 1. The van der Waals surface area contributed by atoms with Crippen LogP contribution in [0, 0.1) is 0 Å². The van der Waals surface area contributed by atoms with Crippen molar-refractivity contribution < 1.29 is 14.7 Å². The van der Waals surface area contributed by atoms with E-state index in [-0.39, 0.29) is 5.95 Å². The van der Waals surface area contributed by atoms with E-state index in [0.29, 0.717) is 27.8 Å². The summed E-state index contributed by atoms with van der Waals surface area (Å²) in [4.78, 5) is 33.2. The van der Waals surface area contributed by atoms with Gasteiger partial charge in [0.1, 0.15) is 0 Å². The molecular formula is C30H27N5O3. The van der Waals surface area contributed by atoms with E-state index in [1.807, 2.05) is 36.4 Å². The van der Waals surface area contributed by atoms with Crippen molar-refractivity contribution in [1.82, 2.24) is 15.3 Å². The summed E-state index contributed by atoms with van der Waals surface area (Å²) in [6, 6.07) is 30.4. The van der Waals surface area contributed by atoms with Crippen LogP contribution in [0.2, 0.25) is 0 Å². The van der Waals surface area contributed by atoms with Crippen molar-refractivity contribution in [3.05, 3.63) is 125 Å². The standard InChI is InChI=1S/C30H27N5O3/c31-30-33-24-16-15-23(18-25(24)34-30)32-29(38)27(36)26(21-9-5-2-6-10-21)35-28(37)22-13-11-20(12-14-22)17-19-7-3-1-4-8-19/h1-16,18,26-27,36H,17H2,(H,32,38)(H,35,37)(H3,31,33,34). The van der Waals surface area contributed by atoms with Crippen LogP contribution in [0.4, 0.5) is 11.6 Å².